The number of nitrogens with one attached hydrogen (secondary N) is 1. The molecule has 0 atom stereocenters. The van der Waals surface area contributed by atoms with Crippen LogP contribution in [-0.4, -0.2) is 12.2 Å². The van der Waals surface area contributed by atoms with Crippen molar-refractivity contribution in [3.8, 4) is 0 Å². The lowest BCUT2D eigenvalue weighted by Gasteiger charge is -2.07. The van der Waals surface area contributed by atoms with Gasteiger partial charge in [-0.3, -0.25) is 4.79 Å². The van der Waals surface area contributed by atoms with Crippen LogP contribution in [0.25, 0.3) is 0 Å². The van der Waals surface area contributed by atoms with E-state index in [4.69, 9.17) is 0 Å². The van der Waals surface area contributed by atoms with Crippen molar-refractivity contribution in [2.24, 2.45) is 0 Å². The van der Waals surface area contributed by atoms with Gasteiger partial charge in [-0.05, 0) is 34.3 Å². The Labute approximate surface area is 94.4 Å². The largest absolute Gasteiger partial charge is 0.326 e. The lowest BCUT2D eigenvalue weighted by atomic mass is 10.3. The summed E-state index contributed by atoms with van der Waals surface area (Å²) in [6.45, 7) is 1.38. The average molecular weight is 278 g/mol. The Morgan fingerprint density at radius 2 is 2.21 bits per heavy atom. The molecule has 0 saturated carbocycles. The van der Waals surface area contributed by atoms with Crippen molar-refractivity contribution in [1.82, 2.24) is 0 Å². The minimum atomic E-state index is -0.337. The number of anilines is 1. The molecule has 1 rings (SSSR count). The Balaban J connectivity index is 3.07. The molecule has 0 bridgehead atoms. The van der Waals surface area contributed by atoms with Crippen LogP contribution in [0.5, 0.6) is 0 Å². The molecule has 1 N–H and O–H groups in total. The van der Waals surface area contributed by atoms with Gasteiger partial charge in [0, 0.05) is 17.1 Å². The molecule has 0 heterocycles. The molecule has 76 valence electrons. The topological polar surface area (TPSA) is 29.1 Å². The zero-order valence-electron chi connectivity index (χ0n) is 7.73. The van der Waals surface area contributed by atoms with Crippen molar-refractivity contribution in [2.75, 3.05) is 11.6 Å². The van der Waals surface area contributed by atoms with Crippen LogP contribution in [0.2, 0.25) is 0 Å². The van der Waals surface area contributed by atoms with E-state index in [9.17, 15) is 9.18 Å². The van der Waals surface area contributed by atoms with Gasteiger partial charge in [-0.25, -0.2) is 4.39 Å². The summed E-state index contributed by atoms with van der Waals surface area (Å²) in [6.07, 6.45) is 1.79. The number of thioether (sulfide) groups is 1. The molecule has 0 spiro atoms. The smallest absolute Gasteiger partial charge is 0.221 e. The molecule has 0 aromatic heterocycles. The molecule has 1 aromatic carbocycles. The Morgan fingerprint density at radius 1 is 1.57 bits per heavy atom. The first-order valence-electron chi connectivity index (χ1n) is 3.85. The van der Waals surface area contributed by atoms with Gasteiger partial charge in [0.1, 0.15) is 5.82 Å². The molecular formula is C9H9BrFNOS. The summed E-state index contributed by atoms with van der Waals surface area (Å²) in [5.74, 6) is -0.552. The van der Waals surface area contributed by atoms with E-state index in [1.165, 1.54) is 24.8 Å². The second-order valence-corrected chi connectivity index (χ2v) is 4.33. The van der Waals surface area contributed by atoms with Gasteiger partial charge in [0.05, 0.1) is 4.90 Å². The van der Waals surface area contributed by atoms with Gasteiger partial charge < -0.3 is 5.32 Å². The third kappa shape index (κ3) is 2.72. The summed E-state index contributed by atoms with van der Waals surface area (Å²) in [6, 6.07) is 2.98. The van der Waals surface area contributed by atoms with Gasteiger partial charge in [0.25, 0.3) is 0 Å². The second kappa shape index (κ2) is 4.79. The first-order chi connectivity index (χ1) is 6.54. The minimum absolute atomic E-state index is 0.215. The molecule has 0 aliphatic rings. The van der Waals surface area contributed by atoms with Crippen molar-refractivity contribution in [3.63, 3.8) is 0 Å². The number of carbonyl (C=O) groups excluding carboxylic acids is 1. The summed E-state index contributed by atoms with van der Waals surface area (Å²) >= 11 is 4.55. The van der Waals surface area contributed by atoms with Gasteiger partial charge in [-0.2, -0.15) is 0 Å². The normalized spacial score (nSPS) is 10.0. The summed E-state index contributed by atoms with van der Waals surface area (Å²) in [5, 5.41) is 2.52. The van der Waals surface area contributed by atoms with Crippen LogP contribution in [-0.2, 0) is 4.79 Å². The van der Waals surface area contributed by atoms with E-state index in [0.29, 0.717) is 15.1 Å². The number of hydrogen-bond acceptors (Lipinski definition) is 2. The van der Waals surface area contributed by atoms with Gasteiger partial charge in [0.15, 0.2) is 0 Å². The Morgan fingerprint density at radius 3 is 2.64 bits per heavy atom. The van der Waals surface area contributed by atoms with Crippen LogP contribution < -0.4 is 5.32 Å². The van der Waals surface area contributed by atoms with Crippen LogP contribution in [0.15, 0.2) is 21.5 Å². The standard InChI is InChI=1S/C9H9BrFNOS/c1-5(13)12-6-3-7(10)9(14-2)8(11)4-6/h3-4H,1-2H3,(H,12,13). The lowest BCUT2D eigenvalue weighted by Crippen LogP contribution is -2.06. The maximum atomic E-state index is 13.4. The molecule has 1 aromatic rings. The van der Waals surface area contributed by atoms with Crippen molar-refractivity contribution in [3.05, 3.63) is 22.4 Å². The Bertz CT molecular complexity index is 347. The third-order valence-electron chi connectivity index (χ3n) is 1.52. The molecule has 1 amide bonds. The highest BCUT2D eigenvalue weighted by molar-refractivity contribution is 9.10. The molecule has 14 heavy (non-hydrogen) atoms. The lowest BCUT2D eigenvalue weighted by molar-refractivity contribution is -0.114. The van der Waals surface area contributed by atoms with Crippen LogP contribution in [0, 0.1) is 5.82 Å². The molecular weight excluding hydrogens is 269 g/mol. The van der Waals surface area contributed by atoms with E-state index in [0.717, 1.165) is 0 Å². The fourth-order valence-electron chi connectivity index (χ4n) is 1.03. The highest BCUT2D eigenvalue weighted by atomic mass is 79.9. The monoisotopic (exact) mass is 277 g/mol. The molecule has 0 fully saturated rings. The van der Waals surface area contributed by atoms with E-state index in [-0.39, 0.29) is 11.7 Å². The maximum absolute atomic E-state index is 13.4. The Hall–Kier alpha value is -0.550. The maximum Gasteiger partial charge on any atom is 0.221 e. The summed E-state index contributed by atoms with van der Waals surface area (Å²) in [5.41, 5.74) is 0.458. The first-order valence-corrected chi connectivity index (χ1v) is 5.87. The quantitative estimate of drug-likeness (QED) is 0.841. The molecule has 2 nitrogen and oxygen atoms in total. The zero-order chi connectivity index (χ0) is 10.7. The predicted molar refractivity (Wildman–Crippen MR) is 60.2 cm³/mol. The van der Waals surface area contributed by atoms with Crippen LogP contribution in [0.1, 0.15) is 6.92 Å². The van der Waals surface area contributed by atoms with E-state index < -0.39 is 0 Å². The van der Waals surface area contributed by atoms with E-state index >= 15 is 0 Å². The van der Waals surface area contributed by atoms with Crippen LogP contribution >= 0.6 is 27.7 Å². The van der Waals surface area contributed by atoms with E-state index in [1.54, 1.807) is 12.3 Å². The third-order valence-corrected chi connectivity index (χ3v) is 3.23. The summed E-state index contributed by atoms with van der Waals surface area (Å²) < 4.78 is 14.0. The number of amides is 1. The average Bonchev–Trinajstić information content (AvgIpc) is 2.01. The fraction of sp³-hybridized carbons (Fsp3) is 0.222. The van der Waals surface area contributed by atoms with Crippen molar-refractivity contribution in [2.45, 2.75) is 11.8 Å². The van der Waals surface area contributed by atoms with Crippen LogP contribution in [0.3, 0.4) is 0 Å². The SMILES string of the molecule is CSc1c(F)cc(NC(C)=O)cc1Br. The van der Waals surface area contributed by atoms with Crippen molar-refractivity contribution < 1.29 is 9.18 Å². The van der Waals surface area contributed by atoms with Gasteiger partial charge in [0.2, 0.25) is 5.91 Å². The number of rotatable bonds is 2. The van der Waals surface area contributed by atoms with E-state index in [1.807, 2.05) is 0 Å². The van der Waals surface area contributed by atoms with E-state index in [2.05, 4.69) is 21.2 Å². The number of carbonyl (C=O) groups is 1. The highest BCUT2D eigenvalue weighted by Gasteiger charge is 2.08. The Kier molecular flexibility index (Phi) is 3.95. The number of halogens is 2. The second-order valence-electron chi connectivity index (χ2n) is 2.65. The zero-order valence-corrected chi connectivity index (χ0v) is 10.1. The molecule has 0 radical (unpaired) electrons. The summed E-state index contributed by atoms with van der Waals surface area (Å²) in [4.78, 5) is 11.3. The molecule has 0 saturated heterocycles. The highest BCUT2D eigenvalue weighted by Crippen LogP contribution is 2.31. The molecule has 0 aliphatic carbocycles. The molecule has 0 aliphatic heterocycles. The fourth-order valence-corrected chi connectivity index (χ4v) is 2.46. The van der Waals surface area contributed by atoms with Gasteiger partial charge in [-0.15, -0.1) is 11.8 Å². The summed E-state index contributed by atoms with van der Waals surface area (Å²) in [7, 11) is 0. The molecule has 5 heteroatoms. The first kappa shape index (κ1) is 11.5. The van der Waals surface area contributed by atoms with Gasteiger partial charge >= 0.3 is 0 Å². The number of hydrogen-bond donors (Lipinski definition) is 1. The minimum Gasteiger partial charge on any atom is -0.326 e. The number of benzene rings is 1. The molecule has 0 unspecified atom stereocenters. The van der Waals surface area contributed by atoms with Crippen molar-refractivity contribution >= 4 is 39.3 Å². The predicted octanol–water partition coefficient (Wildman–Crippen LogP) is 3.27. The van der Waals surface area contributed by atoms with Crippen molar-refractivity contribution in [1.29, 1.82) is 0 Å². The van der Waals surface area contributed by atoms with Crippen LogP contribution in [0.4, 0.5) is 10.1 Å². The van der Waals surface area contributed by atoms with Gasteiger partial charge in [-0.1, -0.05) is 0 Å².